The maximum absolute atomic E-state index is 13.7. The number of nitrogens with zero attached hydrogens (tertiary/aromatic N) is 1. The first kappa shape index (κ1) is 23.3. The summed E-state index contributed by atoms with van der Waals surface area (Å²) in [5, 5.41) is 13.6. The Bertz CT molecular complexity index is 1150. The Kier molecular flexibility index (Phi) is 7.09. The molecule has 0 unspecified atom stereocenters. The molecule has 1 saturated heterocycles. The number of amides is 3. The molecule has 6 heteroatoms. The van der Waals surface area contributed by atoms with E-state index in [0.29, 0.717) is 24.2 Å². The number of para-hydroxylation sites is 1. The van der Waals surface area contributed by atoms with Gasteiger partial charge in [0.2, 0.25) is 0 Å². The largest absolute Gasteiger partial charge is 0.491 e. The van der Waals surface area contributed by atoms with Gasteiger partial charge >= 0.3 is 6.03 Å². The molecule has 0 radical (unpaired) electrons. The minimum Gasteiger partial charge on any atom is -0.491 e. The van der Waals surface area contributed by atoms with Crippen molar-refractivity contribution in [2.45, 2.75) is 24.5 Å². The van der Waals surface area contributed by atoms with Crippen LogP contribution in [0, 0.1) is 0 Å². The predicted molar refractivity (Wildman–Crippen MR) is 130 cm³/mol. The summed E-state index contributed by atoms with van der Waals surface area (Å²) < 4.78 is 5.80. The molecule has 2 atom stereocenters. The van der Waals surface area contributed by atoms with Crippen LogP contribution >= 0.6 is 0 Å². The van der Waals surface area contributed by atoms with Crippen LogP contribution in [0.25, 0.3) is 0 Å². The molecule has 6 nitrogen and oxygen atoms in total. The summed E-state index contributed by atoms with van der Waals surface area (Å²) in [5.41, 5.74) is 1.33. The average Bonchev–Trinajstić information content (AvgIpc) is 3.10. The van der Waals surface area contributed by atoms with E-state index in [-0.39, 0.29) is 13.2 Å². The molecule has 1 heterocycles. The van der Waals surface area contributed by atoms with Crippen molar-refractivity contribution in [1.29, 1.82) is 0 Å². The van der Waals surface area contributed by atoms with E-state index in [1.807, 2.05) is 84.9 Å². The second-order valence-electron chi connectivity index (χ2n) is 8.34. The number of carbonyl (C=O) groups is 2. The van der Waals surface area contributed by atoms with Crippen molar-refractivity contribution >= 4 is 11.9 Å². The number of aliphatic hydroxyl groups excluding tert-OH is 1. The highest BCUT2D eigenvalue weighted by Crippen LogP contribution is 2.33. The molecule has 1 aliphatic heterocycles. The van der Waals surface area contributed by atoms with Gasteiger partial charge in [-0.15, -0.1) is 6.58 Å². The second-order valence-corrected chi connectivity index (χ2v) is 8.34. The number of hydrogen-bond donors (Lipinski definition) is 2. The Labute approximate surface area is 199 Å². The molecule has 0 saturated carbocycles. The highest BCUT2D eigenvalue weighted by Gasteiger charge is 2.52. The van der Waals surface area contributed by atoms with E-state index in [0.717, 1.165) is 16.0 Å². The summed E-state index contributed by atoms with van der Waals surface area (Å²) in [5.74, 6) is 0.250. The molecule has 0 aliphatic carbocycles. The van der Waals surface area contributed by atoms with Crippen LogP contribution in [0.15, 0.2) is 97.6 Å². The van der Waals surface area contributed by atoms with Crippen molar-refractivity contribution in [3.63, 3.8) is 0 Å². The lowest BCUT2D eigenvalue weighted by atomic mass is 9.83. The third-order valence-corrected chi connectivity index (χ3v) is 5.92. The monoisotopic (exact) mass is 456 g/mol. The molecular formula is C28H28N2O4. The molecule has 0 spiro atoms. The normalized spacial score (nSPS) is 18.4. The first-order valence-electron chi connectivity index (χ1n) is 11.3. The van der Waals surface area contributed by atoms with Crippen LogP contribution < -0.4 is 10.1 Å². The van der Waals surface area contributed by atoms with Crippen molar-refractivity contribution in [1.82, 2.24) is 10.2 Å². The van der Waals surface area contributed by atoms with Gasteiger partial charge < -0.3 is 15.2 Å². The summed E-state index contributed by atoms with van der Waals surface area (Å²) in [6.45, 7) is 3.53. The molecule has 0 aromatic heterocycles. The van der Waals surface area contributed by atoms with E-state index in [2.05, 4.69) is 11.9 Å². The maximum atomic E-state index is 13.7. The molecule has 34 heavy (non-hydrogen) atoms. The number of rotatable bonds is 10. The summed E-state index contributed by atoms with van der Waals surface area (Å²) in [6, 6.07) is 25.8. The van der Waals surface area contributed by atoms with Crippen LogP contribution in [0.4, 0.5) is 4.79 Å². The Hall–Kier alpha value is -3.90. The summed E-state index contributed by atoms with van der Waals surface area (Å²) >= 11 is 0. The molecule has 1 aliphatic rings. The standard InChI is InChI=1S/C28H28N2O4/c1-2-11-22-14-9-10-17-25(22)34-20-24(31)19-30-26(32)28(29-27(30)33,23-15-7-4-8-16-23)18-21-12-5-3-6-13-21/h2-10,12-17,24,31H,1,11,18-20H2,(H,29,33)/t24-,28-/m1/s1. The van der Waals surface area contributed by atoms with E-state index >= 15 is 0 Å². The van der Waals surface area contributed by atoms with Crippen LogP contribution in [0.3, 0.4) is 0 Å². The van der Waals surface area contributed by atoms with E-state index in [1.54, 1.807) is 6.08 Å². The third kappa shape index (κ3) is 4.87. The number of benzene rings is 3. The van der Waals surface area contributed by atoms with E-state index in [4.69, 9.17) is 4.74 Å². The predicted octanol–water partition coefficient (Wildman–Crippen LogP) is 3.84. The maximum Gasteiger partial charge on any atom is 0.325 e. The van der Waals surface area contributed by atoms with Crippen molar-refractivity contribution in [3.05, 3.63) is 114 Å². The second kappa shape index (κ2) is 10.4. The molecule has 3 aromatic carbocycles. The van der Waals surface area contributed by atoms with Crippen molar-refractivity contribution in [2.75, 3.05) is 13.2 Å². The lowest BCUT2D eigenvalue weighted by Crippen LogP contribution is -2.46. The van der Waals surface area contributed by atoms with Crippen LogP contribution in [-0.4, -0.2) is 41.2 Å². The summed E-state index contributed by atoms with van der Waals surface area (Å²) in [7, 11) is 0. The van der Waals surface area contributed by atoms with E-state index < -0.39 is 23.6 Å². The fourth-order valence-electron chi connectivity index (χ4n) is 4.25. The zero-order valence-electron chi connectivity index (χ0n) is 18.9. The number of aliphatic hydroxyl groups is 1. The SMILES string of the molecule is C=CCc1ccccc1OC[C@H](O)CN1C(=O)N[C@](Cc2ccccc2)(c2ccccc2)C1=O. The van der Waals surface area contributed by atoms with Gasteiger partial charge in [0.15, 0.2) is 5.54 Å². The molecule has 3 aromatic rings. The lowest BCUT2D eigenvalue weighted by Gasteiger charge is -2.28. The van der Waals surface area contributed by atoms with E-state index in [9.17, 15) is 14.7 Å². The van der Waals surface area contributed by atoms with Crippen molar-refractivity contribution in [3.8, 4) is 5.75 Å². The fraction of sp³-hybridized carbons (Fsp3) is 0.214. The molecular weight excluding hydrogens is 428 g/mol. The minimum absolute atomic E-state index is 0.0533. The topological polar surface area (TPSA) is 78.9 Å². The Morgan fingerprint density at radius 2 is 1.62 bits per heavy atom. The van der Waals surface area contributed by atoms with Gasteiger partial charge in [-0.05, 0) is 29.2 Å². The quantitative estimate of drug-likeness (QED) is 0.359. The Morgan fingerprint density at radius 1 is 0.971 bits per heavy atom. The number of carbonyl (C=O) groups excluding carboxylic acids is 2. The lowest BCUT2D eigenvalue weighted by molar-refractivity contribution is -0.132. The first-order chi connectivity index (χ1) is 16.5. The number of allylic oxidation sites excluding steroid dienone is 1. The van der Waals surface area contributed by atoms with Gasteiger partial charge in [0.05, 0.1) is 6.54 Å². The highest BCUT2D eigenvalue weighted by atomic mass is 16.5. The molecule has 3 amide bonds. The molecule has 4 rings (SSSR count). The van der Waals surface area contributed by atoms with Gasteiger partial charge in [0, 0.05) is 6.42 Å². The smallest absolute Gasteiger partial charge is 0.325 e. The number of β-amino-alcohol motifs (C(OH)–C–C–N with tert-alkyl or cyclic N) is 1. The third-order valence-electron chi connectivity index (χ3n) is 5.92. The molecule has 1 fully saturated rings. The van der Waals surface area contributed by atoms with Gasteiger partial charge in [0.25, 0.3) is 5.91 Å². The average molecular weight is 457 g/mol. The number of urea groups is 1. The van der Waals surface area contributed by atoms with Gasteiger partial charge in [-0.1, -0.05) is 84.9 Å². The number of nitrogens with one attached hydrogen (secondary N) is 1. The molecule has 2 N–H and O–H groups in total. The van der Waals surface area contributed by atoms with Crippen LogP contribution in [-0.2, 0) is 23.2 Å². The number of ether oxygens (including phenoxy) is 1. The number of imide groups is 1. The van der Waals surface area contributed by atoms with Crippen molar-refractivity contribution < 1.29 is 19.4 Å². The Morgan fingerprint density at radius 3 is 2.32 bits per heavy atom. The highest BCUT2D eigenvalue weighted by molar-refractivity contribution is 6.07. The summed E-state index contributed by atoms with van der Waals surface area (Å²) in [6.07, 6.45) is 1.68. The molecule has 0 bridgehead atoms. The van der Waals surface area contributed by atoms with Gasteiger partial charge in [-0.3, -0.25) is 9.69 Å². The zero-order valence-corrected chi connectivity index (χ0v) is 18.9. The Balaban J connectivity index is 1.51. The van der Waals surface area contributed by atoms with Crippen LogP contribution in [0.2, 0.25) is 0 Å². The van der Waals surface area contributed by atoms with E-state index in [1.165, 1.54) is 0 Å². The van der Waals surface area contributed by atoms with Gasteiger partial charge in [0.1, 0.15) is 18.5 Å². The molecule has 174 valence electrons. The minimum atomic E-state index is -1.24. The number of hydrogen-bond acceptors (Lipinski definition) is 4. The van der Waals surface area contributed by atoms with Crippen molar-refractivity contribution in [2.24, 2.45) is 0 Å². The zero-order chi connectivity index (χ0) is 24.0. The fourth-order valence-corrected chi connectivity index (χ4v) is 4.25. The van der Waals surface area contributed by atoms with Gasteiger partial charge in [-0.25, -0.2) is 4.79 Å². The summed E-state index contributed by atoms with van der Waals surface area (Å²) in [4.78, 5) is 27.7. The van der Waals surface area contributed by atoms with Crippen LogP contribution in [0.1, 0.15) is 16.7 Å². The van der Waals surface area contributed by atoms with Gasteiger partial charge in [-0.2, -0.15) is 0 Å². The first-order valence-corrected chi connectivity index (χ1v) is 11.3. The van der Waals surface area contributed by atoms with Crippen LogP contribution in [0.5, 0.6) is 5.75 Å².